The maximum atomic E-state index is 12.9. The van der Waals surface area contributed by atoms with Crippen LogP contribution < -0.4 is 24.8 Å². The maximum Gasteiger partial charge on any atom is 0.573 e. The average Bonchev–Trinajstić information content (AvgIpc) is 2.94. The number of halogens is 4. The molecule has 1 saturated heterocycles. The molecular weight excluding hydrogens is 607 g/mol. The molecule has 4 rings (SSSR count). The highest BCUT2D eigenvalue weighted by Gasteiger charge is 2.32. The molecule has 3 aromatic carbocycles. The number of hydrogen-bond donors (Lipinski definition) is 2. The van der Waals surface area contributed by atoms with Crippen molar-refractivity contribution in [3.05, 3.63) is 75.8 Å². The van der Waals surface area contributed by atoms with E-state index < -0.39 is 18.4 Å². The van der Waals surface area contributed by atoms with Crippen LogP contribution in [0, 0.1) is 6.92 Å². The first-order valence-corrected chi connectivity index (χ1v) is 13.6. The van der Waals surface area contributed by atoms with Crippen molar-refractivity contribution in [1.82, 2.24) is 0 Å². The number of carboxylic acids is 1. The monoisotopic (exact) mass is 635 g/mol. The largest absolute Gasteiger partial charge is 0.573 e. The lowest BCUT2D eigenvalue weighted by Gasteiger charge is -2.38. The van der Waals surface area contributed by atoms with Crippen LogP contribution in [0.15, 0.2) is 59.1 Å². The number of hydrazine groups is 1. The lowest BCUT2D eigenvalue weighted by Crippen LogP contribution is -2.38. The highest BCUT2D eigenvalue weighted by Crippen LogP contribution is 2.41. The van der Waals surface area contributed by atoms with Crippen LogP contribution in [0.2, 0.25) is 0 Å². The number of nitrogens with one attached hydrogen (secondary N) is 1. The van der Waals surface area contributed by atoms with Gasteiger partial charge < -0.3 is 24.3 Å². The van der Waals surface area contributed by atoms with Crippen molar-refractivity contribution >= 4 is 45.2 Å². The summed E-state index contributed by atoms with van der Waals surface area (Å²) in [5.74, 6) is -1.51. The van der Waals surface area contributed by atoms with Crippen molar-refractivity contribution in [3.63, 3.8) is 0 Å². The zero-order valence-corrected chi connectivity index (χ0v) is 24.0. The van der Waals surface area contributed by atoms with Gasteiger partial charge in [-0.3, -0.25) is 10.4 Å². The van der Waals surface area contributed by atoms with Gasteiger partial charge in [0.15, 0.2) is 0 Å². The predicted octanol–water partition coefficient (Wildman–Crippen LogP) is 7.13. The number of carboxylic acid groups (broad SMARTS) is 1. The number of hydrogen-bond acceptors (Lipinski definition) is 7. The third kappa shape index (κ3) is 7.05. The summed E-state index contributed by atoms with van der Waals surface area (Å²) in [6.07, 6.45) is -0.983. The molecule has 0 spiro atoms. The van der Waals surface area contributed by atoms with Gasteiger partial charge in [-0.1, -0.05) is 28.1 Å². The molecule has 218 valence electrons. The number of aldehydes is 1. The summed E-state index contributed by atoms with van der Waals surface area (Å²) in [4.78, 5) is 26.9. The van der Waals surface area contributed by atoms with Crippen LogP contribution in [-0.2, 0) is 4.79 Å². The topological polar surface area (TPSA) is 91.3 Å². The molecule has 8 nitrogen and oxygen atoms in total. The van der Waals surface area contributed by atoms with E-state index in [9.17, 15) is 27.9 Å². The fourth-order valence-corrected chi connectivity index (χ4v) is 5.46. The minimum atomic E-state index is -4.83. The molecule has 0 saturated carbocycles. The lowest BCUT2D eigenvalue weighted by atomic mass is 10.0. The van der Waals surface area contributed by atoms with Gasteiger partial charge in [-0.25, -0.2) is 4.79 Å². The van der Waals surface area contributed by atoms with E-state index in [1.54, 1.807) is 5.01 Å². The Morgan fingerprint density at radius 1 is 1.12 bits per heavy atom. The van der Waals surface area contributed by atoms with Crippen LogP contribution in [0.25, 0.3) is 0 Å². The third-order valence-corrected chi connectivity index (χ3v) is 7.45. The SMILES string of the molecule is COc1cc(C(C=O)N(Nc2ccc(OC(F)(F)F)cc2)c2c(C)cccc2N2CCCCC2)c(Br)cc1C(=O)O. The molecule has 0 aromatic heterocycles. The van der Waals surface area contributed by atoms with Crippen LogP contribution >= 0.6 is 15.9 Å². The first-order valence-electron chi connectivity index (χ1n) is 12.8. The normalized spacial score (nSPS) is 14.2. The van der Waals surface area contributed by atoms with Crippen LogP contribution in [0.3, 0.4) is 0 Å². The zero-order chi connectivity index (χ0) is 29.7. The summed E-state index contributed by atoms with van der Waals surface area (Å²) in [5, 5.41) is 11.3. The fourth-order valence-electron chi connectivity index (χ4n) is 4.89. The Labute approximate surface area is 243 Å². The number of nitrogens with zero attached hydrogens (tertiary/aromatic N) is 2. The molecule has 0 amide bonds. The van der Waals surface area contributed by atoms with Gasteiger partial charge in [0.25, 0.3) is 0 Å². The average molecular weight is 636 g/mol. The highest BCUT2D eigenvalue weighted by atomic mass is 79.9. The fraction of sp³-hybridized carbons (Fsp3) is 0.310. The van der Waals surface area contributed by atoms with Crippen molar-refractivity contribution in [3.8, 4) is 11.5 Å². The molecular formula is C29H29BrF3N3O5. The van der Waals surface area contributed by atoms with Crippen LogP contribution in [0.5, 0.6) is 11.5 Å². The summed E-state index contributed by atoms with van der Waals surface area (Å²) in [6.45, 7) is 3.55. The first kappa shape index (κ1) is 30.0. The number of anilines is 3. The van der Waals surface area contributed by atoms with E-state index in [1.165, 1.54) is 43.5 Å². The quantitative estimate of drug-likeness (QED) is 0.180. The van der Waals surface area contributed by atoms with E-state index in [1.807, 2.05) is 25.1 Å². The number of benzene rings is 3. The van der Waals surface area contributed by atoms with E-state index >= 15 is 0 Å². The predicted molar refractivity (Wildman–Crippen MR) is 153 cm³/mol. The molecule has 1 unspecified atom stereocenters. The van der Waals surface area contributed by atoms with Crippen molar-refractivity contribution in [2.75, 3.05) is 35.5 Å². The number of aromatic carboxylic acids is 1. The molecule has 0 radical (unpaired) electrons. The number of carbonyl (C=O) groups is 2. The molecule has 41 heavy (non-hydrogen) atoms. The number of piperidine rings is 1. The summed E-state index contributed by atoms with van der Waals surface area (Å²) in [6, 6.07) is 12.8. The number of carbonyl (C=O) groups excluding carboxylic acids is 1. The summed E-state index contributed by atoms with van der Waals surface area (Å²) >= 11 is 3.43. The highest BCUT2D eigenvalue weighted by molar-refractivity contribution is 9.10. The number of ether oxygens (including phenoxy) is 2. The number of alkyl halides is 3. The molecule has 1 aliphatic rings. The number of methoxy groups -OCH3 is 1. The number of rotatable bonds is 10. The Morgan fingerprint density at radius 3 is 2.39 bits per heavy atom. The molecule has 2 N–H and O–H groups in total. The van der Waals surface area contributed by atoms with Crippen LogP contribution in [-0.4, -0.2) is 43.9 Å². The molecule has 1 fully saturated rings. The van der Waals surface area contributed by atoms with Gasteiger partial charge in [-0.05, 0) is 74.2 Å². The molecule has 1 atom stereocenters. The van der Waals surface area contributed by atoms with Gasteiger partial charge in [-0.15, -0.1) is 13.2 Å². The molecule has 0 bridgehead atoms. The second-order valence-electron chi connectivity index (χ2n) is 9.50. The van der Waals surface area contributed by atoms with E-state index in [0.29, 0.717) is 27.7 Å². The second kappa shape index (κ2) is 12.7. The molecule has 12 heteroatoms. The Kier molecular flexibility index (Phi) is 9.31. The van der Waals surface area contributed by atoms with Crippen molar-refractivity contribution in [1.29, 1.82) is 0 Å². The Morgan fingerprint density at radius 2 is 1.80 bits per heavy atom. The van der Waals surface area contributed by atoms with E-state index in [0.717, 1.165) is 43.6 Å². The van der Waals surface area contributed by atoms with Gasteiger partial charge in [-0.2, -0.15) is 0 Å². The van der Waals surface area contributed by atoms with Crippen molar-refractivity contribution in [2.24, 2.45) is 0 Å². The van der Waals surface area contributed by atoms with Crippen molar-refractivity contribution < 1.29 is 37.3 Å². The minimum Gasteiger partial charge on any atom is -0.496 e. The first-order chi connectivity index (χ1) is 19.5. The van der Waals surface area contributed by atoms with Gasteiger partial charge >= 0.3 is 12.3 Å². The maximum absolute atomic E-state index is 12.9. The summed E-state index contributed by atoms with van der Waals surface area (Å²) in [7, 11) is 1.34. The van der Waals surface area contributed by atoms with Gasteiger partial charge in [0.2, 0.25) is 0 Å². The van der Waals surface area contributed by atoms with Crippen LogP contribution in [0.4, 0.5) is 30.2 Å². The summed E-state index contributed by atoms with van der Waals surface area (Å²) in [5.41, 5.74) is 6.35. The second-order valence-corrected chi connectivity index (χ2v) is 10.4. The van der Waals surface area contributed by atoms with E-state index in [-0.39, 0.29) is 17.1 Å². The van der Waals surface area contributed by atoms with Gasteiger partial charge in [0.1, 0.15) is 29.4 Å². The molecule has 1 heterocycles. The molecule has 0 aliphatic carbocycles. The number of aryl methyl sites for hydroxylation is 1. The molecule has 1 aliphatic heterocycles. The Hall–Kier alpha value is -3.93. The van der Waals surface area contributed by atoms with Crippen LogP contribution in [0.1, 0.15) is 46.8 Å². The Bertz CT molecular complexity index is 1400. The summed E-state index contributed by atoms with van der Waals surface area (Å²) < 4.78 is 47.8. The standard InChI is InChI=1S/C29H29BrF3N3O5/c1-18-7-6-8-24(35-13-4-3-5-14-35)27(18)36(34-19-9-11-20(12-10-19)41-29(31,32)33)25(17-37)21-16-26(40-2)22(28(38)39)15-23(21)30/h6-12,15-17,25,34H,3-5,13-14H2,1-2H3,(H,38,39). The lowest BCUT2D eigenvalue weighted by molar-refractivity contribution is -0.274. The zero-order valence-electron chi connectivity index (χ0n) is 22.4. The van der Waals surface area contributed by atoms with E-state index in [4.69, 9.17) is 4.74 Å². The van der Waals surface area contributed by atoms with E-state index in [2.05, 4.69) is 31.0 Å². The number of para-hydroxylation sites is 1. The van der Waals surface area contributed by atoms with Gasteiger partial charge in [0, 0.05) is 23.1 Å². The smallest absolute Gasteiger partial charge is 0.496 e. The Balaban J connectivity index is 1.85. The minimum absolute atomic E-state index is 0.0668. The molecule has 3 aromatic rings. The third-order valence-electron chi connectivity index (χ3n) is 6.77. The van der Waals surface area contributed by atoms with Gasteiger partial charge in [0.05, 0.1) is 24.2 Å². The van der Waals surface area contributed by atoms with Crippen molar-refractivity contribution in [2.45, 2.75) is 38.6 Å².